The van der Waals surface area contributed by atoms with Crippen molar-refractivity contribution in [3.8, 4) is 0 Å². The normalized spacial score (nSPS) is 19.4. The summed E-state index contributed by atoms with van der Waals surface area (Å²) < 4.78 is 2.17. The molecule has 1 aliphatic rings. The zero-order valence-corrected chi connectivity index (χ0v) is 12.4. The number of nitrogens with two attached hydrogens (primary N) is 1. The van der Waals surface area contributed by atoms with Crippen molar-refractivity contribution in [2.75, 3.05) is 0 Å². The molecule has 1 atom stereocenters. The van der Waals surface area contributed by atoms with E-state index in [1.54, 1.807) is 6.20 Å². The highest BCUT2D eigenvalue weighted by atomic mass is 15.1. The van der Waals surface area contributed by atoms with Crippen LogP contribution in [0.4, 0.5) is 0 Å². The molecular formula is C18H21N3. The van der Waals surface area contributed by atoms with Crippen LogP contribution in [0.3, 0.4) is 0 Å². The van der Waals surface area contributed by atoms with E-state index in [-0.39, 0.29) is 0 Å². The van der Waals surface area contributed by atoms with Gasteiger partial charge in [0.05, 0.1) is 11.0 Å². The molecule has 1 aliphatic carbocycles. The van der Waals surface area contributed by atoms with E-state index >= 15 is 0 Å². The molecule has 3 nitrogen and oxygen atoms in total. The Morgan fingerprint density at radius 2 is 2.29 bits per heavy atom. The highest BCUT2D eigenvalue weighted by Gasteiger charge is 2.18. The predicted molar refractivity (Wildman–Crippen MR) is 88.6 cm³/mol. The molecule has 21 heavy (non-hydrogen) atoms. The van der Waals surface area contributed by atoms with Crippen LogP contribution in [-0.4, -0.2) is 9.55 Å². The molecule has 0 spiro atoms. The Labute approximate surface area is 125 Å². The van der Waals surface area contributed by atoms with Crippen LogP contribution in [-0.2, 0) is 0 Å². The third-order valence-electron chi connectivity index (χ3n) is 4.20. The molecule has 1 aromatic carbocycles. The van der Waals surface area contributed by atoms with Crippen molar-refractivity contribution in [1.29, 1.82) is 0 Å². The molecule has 1 unspecified atom stereocenters. The summed E-state index contributed by atoms with van der Waals surface area (Å²) in [4.78, 5) is 4.62. The zero-order valence-electron chi connectivity index (χ0n) is 12.4. The minimum atomic E-state index is 0.463. The molecule has 2 N–H and O–H groups in total. The second-order valence-electron chi connectivity index (χ2n) is 5.60. The van der Waals surface area contributed by atoms with Crippen LogP contribution in [0, 0.1) is 12.8 Å². The zero-order chi connectivity index (χ0) is 14.8. The quantitative estimate of drug-likeness (QED) is 0.922. The molecule has 1 aromatic heterocycles. The predicted octanol–water partition coefficient (Wildman–Crippen LogP) is 4.01. The van der Waals surface area contributed by atoms with Gasteiger partial charge in [-0.15, -0.1) is 0 Å². The third-order valence-corrected chi connectivity index (χ3v) is 4.20. The Hall–Kier alpha value is -2.29. The van der Waals surface area contributed by atoms with Crippen LogP contribution in [0.2, 0.25) is 0 Å². The Bertz CT molecular complexity index is 734. The number of nitrogens with zero attached hydrogens (tertiary/aromatic N) is 2. The van der Waals surface area contributed by atoms with Crippen molar-refractivity contribution >= 4 is 16.7 Å². The van der Waals surface area contributed by atoms with Gasteiger partial charge in [-0.2, -0.15) is 0 Å². The summed E-state index contributed by atoms with van der Waals surface area (Å²) in [5.41, 5.74) is 10.4. The maximum Gasteiger partial charge on any atom is 0.111 e. The lowest BCUT2D eigenvalue weighted by atomic mass is 9.86. The molecule has 0 saturated carbocycles. The first-order chi connectivity index (χ1) is 10.2. The van der Waals surface area contributed by atoms with Crippen molar-refractivity contribution in [3.05, 3.63) is 60.6 Å². The van der Waals surface area contributed by atoms with Gasteiger partial charge in [0.15, 0.2) is 0 Å². The number of aryl methyl sites for hydroxylation is 1. The van der Waals surface area contributed by atoms with Gasteiger partial charge in [0, 0.05) is 11.9 Å². The van der Waals surface area contributed by atoms with E-state index < -0.39 is 0 Å². The number of para-hydroxylation sites is 2. The molecule has 0 fully saturated rings. The molecule has 3 heteroatoms. The molecule has 108 valence electrons. The minimum Gasteiger partial charge on any atom is -0.403 e. The van der Waals surface area contributed by atoms with Crippen LogP contribution in [0.1, 0.15) is 25.1 Å². The Morgan fingerprint density at radius 1 is 1.48 bits per heavy atom. The van der Waals surface area contributed by atoms with Crippen molar-refractivity contribution in [1.82, 2.24) is 9.55 Å². The van der Waals surface area contributed by atoms with E-state index in [4.69, 9.17) is 5.73 Å². The van der Waals surface area contributed by atoms with E-state index in [1.807, 2.05) is 25.1 Å². The fourth-order valence-corrected chi connectivity index (χ4v) is 3.08. The molecule has 0 aliphatic heterocycles. The fourth-order valence-electron chi connectivity index (χ4n) is 3.08. The van der Waals surface area contributed by atoms with E-state index in [0.717, 1.165) is 41.8 Å². The first-order valence-corrected chi connectivity index (χ1v) is 7.41. The highest BCUT2D eigenvalue weighted by molar-refractivity contribution is 5.80. The SMILES string of the molecule is C=C1C=CCCC1C/C(=C\N)n1c(C)nc2ccccc21. The number of fused-ring (bicyclic) bond motifs is 1. The Morgan fingerprint density at radius 3 is 3.05 bits per heavy atom. The number of rotatable bonds is 3. The number of hydrogen-bond acceptors (Lipinski definition) is 2. The maximum absolute atomic E-state index is 5.93. The van der Waals surface area contributed by atoms with Gasteiger partial charge in [0.25, 0.3) is 0 Å². The molecular weight excluding hydrogens is 258 g/mol. The van der Waals surface area contributed by atoms with Crippen LogP contribution in [0.15, 0.2) is 54.8 Å². The summed E-state index contributed by atoms with van der Waals surface area (Å²) in [6.07, 6.45) is 9.21. The molecule has 0 saturated heterocycles. The molecule has 3 rings (SSSR count). The average molecular weight is 279 g/mol. The first kappa shape index (κ1) is 13.7. The number of allylic oxidation sites excluding steroid dienone is 4. The lowest BCUT2D eigenvalue weighted by Crippen LogP contribution is -2.11. The monoisotopic (exact) mass is 279 g/mol. The molecule has 2 aromatic rings. The van der Waals surface area contributed by atoms with Gasteiger partial charge in [0.1, 0.15) is 5.82 Å². The van der Waals surface area contributed by atoms with Gasteiger partial charge < -0.3 is 5.73 Å². The summed E-state index contributed by atoms with van der Waals surface area (Å²) in [6, 6.07) is 8.18. The van der Waals surface area contributed by atoms with Crippen LogP contribution < -0.4 is 5.73 Å². The lowest BCUT2D eigenvalue weighted by molar-refractivity contribution is 0.570. The molecule has 0 bridgehead atoms. The van der Waals surface area contributed by atoms with Gasteiger partial charge in [-0.05, 0) is 44.2 Å². The fraction of sp³-hybridized carbons (Fsp3) is 0.278. The minimum absolute atomic E-state index is 0.463. The molecule has 0 amide bonds. The van der Waals surface area contributed by atoms with Gasteiger partial charge in [-0.1, -0.05) is 36.4 Å². The highest BCUT2D eigenvalue weighted by Crippen LogP contribution is 2.32. The van der Waals surface area contributed by atoms with Crippen LogP contribution in [0.5, 0.6) is 0 Å². The summed E-state index contributed by atoms with van der Waals surface area (Å²) in [5.74, 6) is 1.44. The number of benzene rings is 1. The van der Waals surface area contributed by atoms with Crippen molar-refractivity contribution in [2.45, 2.75) is 26.2 Å². The van der Waals surface area contributed by atoms with E-state index in [9.17, 15) is 0 Å². The summed E-state index contributed by atoms with van der Waals surface area (Å²) in [7, 11) is 0. The Kier molecular flexibility index (Phi) is 3.65. The summed E-state index contributed by atoms with van der Waals surface area (Å²) in [5, 5.41) is 0. The Balaban J connectivity index is 1.97. The largest absolute Gasteiger partial charge is 0.403 e. The number of imidazole rings is 1. The van der Waals surface area contributed by atoms with Crippen molar-refractivity contribution in [3.63, 3.8) is 0 Å². The number of aromatic nitrogens is 2. The summed E-state index contributed by atoms with van der Waals surface area (Å²) in [6.45, 7) is 6.20. The second-order valence-corrected chi connectivity index (χ2v) is 5.60. The summed E-state index contributed by atoms with van der Waals surface area (Å²) >= 11 is 0. The van der Waals surface area contributed by atoms with Gasteiger partial charge >= 0.3 is 0 Å². The van der Waals surface area contributed by atoms with Gasteiger partial charge in [-0.25, -0.2) is 4.98 Å². The van der Waals surface area contributed by atoms with Crippen molar-refractivity contribution in [2.24, 2.45) is 11.7 Å². The topological polar surface area (TPSA) is 43.8 Å². The maximum atomic E-state index is 5.93. The van der Waals surface area contributed by atoms with Crippen LogP contribution in [0.25, 0.3) is 16.7 Å². The first-order valence-electron chi connectivity index (χ1n) is 7.41. The second kappa shape index (κ2) is 5.60. The van der Waals surface area contributed by atoms with E-state index in [1.165, 1.54) is 5.57 Å². The van der Waals surface area contributed by atoms with Gasteiger partial charge in [-0.3, -0.25) is 4.57 Å². The van der Waals surface area contributed by atoms with Crippen LogP contribution >= 0.6 is 0 Å². The van der Waals surface area contributed by atoms with E-state index in [2.05, 4.69) is 34.3 Å². The smallest absolute Gasteiger partial charge is 0.111 e. The number of hydrogen-bond donors (Lipinski definition) is 1. The standard InChI is InChI=1S/C18H21N3/c1-13-7-3-4-8-15(13)11-16(12-19)21-14(2)20-17-9-5-6-10-18(17)21/h3,5-7,9-10,12,15H,1,4,8,11,19H2,2H3/b16-12+. The third kappa shape index (κ3) is 2.51. The molecule has 1 heterocycles. The van der Waals surface area contributed by atoms with Gasteiger partial charge in [0.2, 0.25) is 0 Å². The van der Waals surface area contributed by atoms with Crippen molar-refractivity contribution < 1.29 is 0 Å². The molecule has 0 radical (unpaired) electrons. The average Bonchev–Trinajstić information content (AvgIpc) is 2.82. The van der Waals surface area contributed by atoms with E-state index in [0.29, 0.717) is 5.92 Å². The lowest BCUT2D eigenvalue weighted by Gasteiger charge is -2.22.